The van der Waals surface area contributed by atoms with Crippen molar-refractivity contribution in [1.29, 1.82) is 0 Å². The van der Waals surface area contributed by atoms with Crippen LogP contribution in [0.1, 0.15) is 16.1 Å². The van der Waals surface area contributed by atoms with Gasteiger partial charge < -0.3 is 15.4 Å². The van der Waals surface area contributed by atoms with Gasteiger partial charge in [0, 0.05) is 30.8 Å². The molecule has 138 valence electrons. The summed E-state index contributed by atoms with van der Waals surface area (Å²) in [5.74, 6) is -0.312. The third-order valence-electron chi connectivity index (χ3n) is 3.95. The molecule has 5 nitrogen and oxygen atoms in total. The standard InChI is InChI=1S/C18H18F3N3O2/c19-18(20,21)16-6-2-5-15(24-16)12-3-1-4-13(9-12)17(25)23-11-14-10-22-7-8-26-14/h1-6,9,14,22H,7-8,10-11H2,(H,23,25). The zero-order valence-electron chi connectivity index (χ0n) is 13.8. The van der Waals surface area contributed by atoms with E-state index in [2.05, 4.69) is 15.6 Å². The molecule has 1 aromatic carbocycles. The SMILES string of the molecule is O=C(NCC1CNCCO1)c1cccc(-c2cccc(C(F)(F)F)n2)c1. The van der Waals surface area contributed by atoms with Crippen LogP contribution in [-0.4, -0.2) is 43.2 Å². The monoisotopic (exact) mass is 365 g/mol. The molecule has 1 fully saturated rings. The molecule has 2 aromatic rings. The average Bonchev–Trinajstić information content (AvgIpc) is 2.66. The Bertz CT molecular complexity index is 774. The summed E-state index contributed by atoms with van der Waals surface area (Å²) < 4.78 is 44.0. The average molecular weight is 365 g/mol. The quantitative estimate of drug-likeness (QED) is 0.874. The first-order chi connectivity index (χ1) is 12.4. The number of hydrogen-bond acceptors (Lipinski definition) is 4. The normalized spacial score (nSPS) is 17.7. The van der Waals surface area contributed by atoms with Crippen LogP contribution in [0.5, 0.6) is 0 Å². The third kappa shape index (κ3) is 4.59. The van der Waals surface area contributed by atoms with Gasteiger partial charge in [0.25, 0.3) is 5.91 Å². The van der Waals surface area contributed by atoms with Crippen molar-refractivity contribution >= 4 is 5.91 Å². The van der Waals surface area contributed by atoms with Gasteiger partial charge in [-0.15, -0.1) is 0 Å². The molecule has 1 aliphatic rings. The summed E-state index contributed by atoms with van der Waals surface area (Å²) in [5.41, 5.74) is -0.00842. The minimum absolute atomic E-state index is 0.0963. The van der Waals surface area contributed by atoms with Crippen LogP contribution >= 0.6 is 0 Å². The number of halogens is 3. The molecule has 1 amide bonds. The van der Waals surface area contributed by atoms with E-state index in [1.54, 1.807) is 18.2 Å². The lowest BCUT2D eigenvalue weighted by molar-refractivity contribution is -0.141. The van der Waals surface area contributed by atoms with Crippen molar-refractivity contribution in [3.05, 3.63) is 53.7 Å². The Hall–Kier alpha value is -2.45. The van der Waals surface area contributed by atoms with Crippen LogP contribution in [0.25, 0.3) is 11.3 Å². The summed E-state index contributed by atoms with van der Waals surface area (Å²) in [6.07, 6.45) is -4.61. The topological polar surface area (TPSA) is 63.2 Å². The fourth-order valence-corrected chi connectivity index (χ4v) is 2.63. The minimum atomic E-state index is -4.51. The smallest absolute Gasteiger partial charge is 0.374 e. The molecule has 1 aromatic heterocycles. The van der Waals surface area contributed by atoms with E-state index >= 15 is 0 Å². The molecule has 0 aliphatic carbocycles. The lowest BCUT2D eigenvalue weighted by Gasteiger charge is -2.23. The first-order valence-electron chi connectivity index (χ1n) is 8.19. The van der Waals surface area contributed by atoms with Gasteiger partial charge in [-0.2, -0.15) is 13.2 Å². The molecule has 26 heavy (non-hydrogen) atoms. The van der Waals surface area contributed by atoms with Crippen molar-refractivity contribution in [2.24, 2.45) is 0 Å². The molecule has 3 rings (SSSR count). The maximum absolute atomic E-state index is 12.8. The number of benzene rings is 1. The minimum Gasteiger partial charge on any atom is -0.374 e. The Morgan fingerprint density at radius 3 is 2.81 bits per heavy atom. The van der Waals surface area contributed by atoms with Crippen LogP contribution in [-0.2, 0) is 10.9 Å². The molecule has 8 heteroatoms. The van der Waals surface area contributed by atoms with Gasteiger partial charge in [0.15, 0.2) is 0 Å². The van der Waals surface area contributed by atoms with Crippen LogP contribution in [0.15, 0.2) is 42.5 Å². The number of pyridine rings is 1. The first-order valence-corrected chi connectivity index (χ1v) is 8.19. The molecular formula is C18H18F3N3O2. The van der Waals surface area contributed by atoms with Gasteiger partial charge in [0.1, 0.15) is 5.69 Å². The zero-order chi connectivity index (χ0) is 18.6. The predicted molar refractivity (Wildman–Crippen MR) is 89.6 cm³/mol. The van der Waals surface area contributed by atoms with E-state index in [-0.39, 0.29) is 17.7 Å². The fraction of sp³-hybridized carbons (Fsp3) is 0.333. The van der Waals surface area contributed by atoms with E-state index < -0.39 is 11.9 Å². The van der Waals surface area contributed by atoms with Crippen LogP contribution in [0.4, 0.5) is 13.2 Å². The number of rotatable bonds is 4. The molecular weight excluding hydrogens is 347 g/mol. The molecule has 2 heterocycles. The fourth-order valence-electron chi connectivity index (χ4n) is 2.63. The summed E-state index contributed by atoms with van der Waals surface area (Å²) in [7, 11) is 0. The first kappa shape index (κ1) is 18.3. The number of carbonyl (C=O) groups excluding carboxylic acids is 1. The molecule has 2 N–H and O–H groups in total. The van der Waals surface area contributed by atoms with Crippen LogP contribution in [0, 0.1) is 0 Å². The van der Waals surface area contributed by atoms with E-state index in [1.807, 2.05) is 0 Å². The largest absolute Gasteiger partial charge is 0.433 e. The Balaban J connectivity index is 1.72. The maximum Gasteiger partial charge on any atom is 0.433 e. The number of hydrogen-bond donors (Lipinski definition) is 2. The highest BCUT2D eigenvalue weighted by Crippen LogP contribution is 2.29. The van der Waals surface area contributed by atoms with Crippen LogP contribution < -0.4 is 10.6 Å². The molecule has 1 atom stereocenters. The van der Waals surface area contributed by atoms with Gasteiger partial charge in [0.05, 0.1) is 18.4 Å². The van der Waals surface area contributed by atoms with E-state index in [0.717, 1.165) is 12.6 Å². The molecule has 1 aliphatic heterocycles. The second-order valence-electron chi connectivity index (χ2n) is 5.89. The summed E-state index contributed by atoms with van der Waals surface area (Å²) >= 11 is 0. The van der Waals surface area contributed by atoms with Crippen molar-refractivity contribution in [1.82, 2.24) is 15.6 Å². The van der Waals surface area contributed by atoms with E-state index in [0.29, 0.717) is 30.8 Å². The molecule has 0 bridgehead atoms. The molecule has 0 saturated carbocycles. The molecule has 0 radical (unpaired) electrons. The van der Waals surface area contributed by atoms with Gasteiger partial charge in [-0.05, 0) is 24.3 Å². The van der Waals surface area contributed by atoms with Gasteiger partial charge in [-0.25, -0.2) is 4.98 Å². The van der Waals surface area contributed by atoms with Crippen LogP contribution in [0.3, 0.4) is 0 Å². The second-order valence-corrected chi connectivity index (χ2v) is 5.89. The van der Waals surface area contributed by atoms with E-state index in [1.165, 1.54) is 18.2 Å². The predicted octanol–water partition coefficient (Wildman–Crippen LogP) is 2.49. The third-order valence-corrected chi connectivity index (χ3v) is 3.95. The van der Waals surface area contributed by atoms with Gasteiger partial charge >= 0.3 is 6.18 Å². The summed E-state index contributed by atoms with van der Waals surface area (Å²) in [6.45, 7) is 2.40. The Kier molecular flexibility index (Phi) is 5.53. The highest BCUT2D eigenvalue weighted by molar-refractivity contribution is 5.95. The number of ether oxygens (including phenoxy) is 1. The van der Waals surface area contributed by atoms with E-state index in [9.17, 15) is 18.0 Å². The highest BCUT2D eigenvalue weighted by Gasteiger charge is 2.32. The number of morpholine rings is 1. The van der Waals surface area contributed by atoms with Gasteiger partial charge in [-0.1, -0.05) is 18.2 Å². The lowest BCUT2D eigenvalue weighted by Crippen LogP contribution is -2.45. The Morgan fingerprint density at radius 2 is 2.08 bits per heavy atom. The van der Waals surface area contributed by atoms with Crippen molar-refractivity contribution in [2.75, 3.05) is 26.2 Å². The number of alkyl halides is 3. The Morgan fingerprint density at radius 1 is 1.27 bits per heavy atom. The van der Waals surface area contributed by atoms with Gasteiger partial charge in [0.2, 0.25) is 0 Å². The summed E-state index contributed by atoms with van der Waals surface area (Å²) in [5, 5.41) is 5.95. The highest BCUT2D eigenvalue weighted by atomic mass is 19.4. The zero-order valence-corrected chi connectivity index (χ0v) is 13.8. The van der Waals surface area contributed by atoms with Gasteiger partial charge in [-0.3, -0.25) is 4.79 Å². The maximum atomic E-state index is 12.8. The number of aromatic nitrogens is 1. The molecule has 1 saturated heterocycles. The number of nitrogens with one attached hydrogen (secondary N) is 2. The Labute approximate surface area is 148 Å². The summed E-state index contributed by atoms with van der Waals surface area (Å²) in [4.78, 5) is 16.0. The van der Waals surface area contributed by atoms with Crippen molar-refractivity contribution in [3.8, 4) is 11.3 Å². The van der Waals surface area contributed by atoms with Crippen molar-refractivity contribution in [3.63, 3.8) is 0 Å². The molecule has 0 spiro atoms. The lowest BCUT2D eigenvalue weighted by atomic mass is 10.1. The number of amides is 1. The molecule has 1 unspecified atom stereocenters. The van der Waals surface area contributed by atoms with Crippen LogP contribution in [0.2, 0.25) is 0 Å². The number of nitrogens with zero attached hydrogens (tertiary/aromatic N) is 1. The van der Waals surface area contributed by atoms with Crippen molar-refractivity contribution in [2.45, 2.75) is 12.3 Å². The summed E-state index contributed by atoms with van der Waals surface area (Å²) in [6, 6.07) is 10.1. The number of carbonyl (C=O) groups is 1. The van der Waals surface area contributed by atoms with Crippen molar-refractivity contribution < 1.29 is 22.7 Å². The second kappa shape index (κ2) is 7.84. The van der Waals surface area contributed by atoms with E-state index in [4.69, 9.17) is 4.74 Å².